The van der Waals surface area contributed by atoms with Gasteiger partial charge in [0.05, 0.1) is 19.0 Å². The van der Waals surface area contributed by atoms with Crippen LogP contribution < -0.4 is 9.47 Å². The SMILES string of the molecule is CCCCCCOc1cnc(-c2ccc(OC(F)F)cc2)nc1. The molecule has 0 saturated heterocycles. The van der Waals surface area contributed by atoms with E-state index in [9.17, 15) is 8.78 Å². The Morgan fingerprint density at radius 2 is 1.65 bits per heavy atom. The monoisotopic (exact) mass is 322 g/mol. The normalized spacial score (nSPS) is 10.8. The maximum Gasteiger partial charge on any atom is 0.387 e. The van der Waals surface area contributed by atoms with Crippen LogP contribution in [0.3, 0.4) is 0 Å². The molecule has 2 aromatic rings. The summed E-state index contributed by atoms with van der Waals surface area (Å²) < 4.78 is 34.1. The number of halogens is 2. The van der Waals surface area contributed by atoms with Crippen molar-refractivity contribution in [3.8, 4) is 22.9 Å². The molecule has 1 aromatic heterocycles. The number of unbranched alkanes of at least 4 members (excludes halogenated alkanes) is 3. The zero-order valence-corrected chi connectivity index (χ0v) is 13.0. The first kappa shape index (κ1) is 17.1. The van der Waals surface area contributed by atoms with Gasteiger partial charge in [-0.05, 0) is 30.7 Å². The zero-order valence-electron chi connectivity index (χ0n) is 13.0. The molecule has 0 aliphatic rings. The lowest BCUT2D eigenvalue weighted by Gasteiger charge is -2.07. The molecule has 0 saturated carbocycles. The summed E-state index contributed by atoms with van der Waals surface area (Å²) in [5.74, 6) is 1.24. The lowest BCUT2D eigenvalue weighted by Crippen LogP contribution is -2.01. The van der Waals surface area contributed by atoms with Crippen molar-refractivity contribution in [3.05, 3.63) is 36.7 Å². The summed E-state index contributed by atoms with van der Waals surface area (Å²) in [5.41, 5.74) is 0.723. The molecule has 23 heavy (non-hydrogen) atoms. The van der Waals surface area contributed by atoms with E-state index in [4.69, 9.17) is 4.74 Å². The van der Waals surface area contributed by atoms with E-state index in [0.717, 1.165) is 18.4 Å². The van der Waals surface area contributed by atoms with E-state index in [1.54, 1.807) is 24.5 Å². The standard InChI is InChI=1S/C17H20F2N2O2/c1-2-3-4-5-10-22-15-11-20-16(21-12-15)13-6-8-14(9-7-13)23-17(18)19/h6-9,11-12,17H,2-5,10H2,1H3. The van der Waals surface area contributed by atoms with Gasteiger partial charge in [-0.25, -0.2) is 9.97 Å². The lowest BCUT2D eigenvalue weighted by atomic mass is 10.2. The minimum absolute atomic E-state index is 0.107. The lowest BCUT2D eigenvalue weighted by molar-refractivity contribution is -0.0498. The van der Waals surface area contributed by atoms with Crippen LogP contribution >= 0.6 is 0 Å². The fraction of sp³-hybridized carbons (Fsp3) is 0.412. The fourth-order valence-electron chi connectivity index (χ4n) is 2.04. The molecule has 0 spiro atoms. The molecule has 0 radical (unpaired) electrons. The first-order valence-electron chi connectivity index (χ1n) is 7.69. The van der Waals surface area contributed by atoms with Crippen LogP contribution in [0.15, 0.2) is 36.7 Å². The molecule has 6 heteroatoms. The maximum atomic E-state index is 12.1. The van der Waals surface area contributed by atoms with Gasteiger partial charge in [-0.15, -0.1) is 0 Å². The van der Waals surface area contributed by atoms with E-state index in [1.165, 1.54) is 25.0 Å². The van der Waals surface area contributed by atoms with E-state index < -0.39 is 6.61 Å². The van der Waals surface area contributed by atoms with Crippen LogP contribution in [0.4, 0.5) is 8.78 Å². The molecule has 124 valence electrons. The van der Waals surface area contributed by atoms with Crippen LogP contribution in [0.25, 0.3) is 11.4 Å². The number of ether oxygens (including phenoxy) is 2. The summed E-state index contributed by atoms with van der Waals surface area (Å²) in [6.07, 6.45) is 7.81. The Bertz CT molecular complexity index is 574. The van der Waals surface area contributed by atoms with E-state index in [2.05, 4.69) is 21.6 Å². The molecular weight excluding hydrogens is 302 g/mol. The number of benzene rings is 1. The minimum atomic E-state index is -2.83. The fourth-order valence-corrected chi connectivity index (χ4v) is 2.04. The predicted molar refractivity (Wildman–Crippen MR) is 83.7 cm³/mol. The number of hydrogen-bond acceptors (Lipinski definition) is 4. The van der Waals surface area contributed by atoms with E-state index in [1.807, 2.05) is 0 Å². The number of alkyl halides is 2. The van der Waals surface area contributed by atoms with Crippen molar-refractivity contribution < 1.29 is 18.3 Å². The summed E-state index contributed by atoms with van der Waals surface area (Å²) in [6, 6.07) is 6.20. The third kappa shape index (κ3) is 5.81. The quantitative estimate of drug-likeness (QED) is 0.627. The van der Waals surface area contributed by atoms with Crippen molar-refractivity contribution >= 4 is 0 Å². The highest BCUT2D eigenvalue weighted by Gasteiger charge is 2.06. The Morgan fingerprint density at radius 3 is 2.26 bits per heavy atom. The van der Waals surface area contributed by atoms with Gasteiger partial charge < -0.3 is 9.47 Å². The van der Waals surface area contributed by atoms with Crippen LogP contribution in [0.1, 0.15) is 32.6 Å². The highest BCUT2D eigenvalue weighted by atomic mass is 19.3. The third-order valence-electron chi connectivity index (χ3n) is 3.23. The molecule has 0 amide bonds. The molecule has 0 aliphatic heterocycles. The molecule has 2 rings (SSSR count). The van der Waals surface area contributed by atoms with Gasteiger partial charge >= 0.3 is 6.61 Å². The van der Waals surface area contributed by atoms with Gasteiger partial charge in [0.25, 0.3) is 0 Å². The van der Waals surface area contributed by atoms with Gasteiger partial charge in [0.2, 0.25) is 0 Å². The van der Waals surface area contributed by atoms with Crippen molar-refractivity contribution in [2.45, 2.75) is 39.2 Å². The molecule has 0 aliphatic carbocycles. The first-order chi connectivity index (χ1) is 11.2. The maximum absolute atomic E-state index is 12.1. The molecular formula is C17H20F2N2O2. The van der Waals surface area contributed by atoms with Crippen LogP contribution in [0.5, 0.6) is 11.5 Å². The minimum Gasteiger partial charge on any atom is -0.490 e. The molecule has 0 unspecified atom stereocenters. The molecule has 0 bridgehead atoms. The van der Waals surface area contributed by atoms with Gasteiger partial charge in [-0.1, -0.05) is 26.2 Å². The van der Waals surface area contributed by atoms with Gasteiger partial charge in [0.1, 0.15) is 5.75 Å². The number of rotatable bonds is 9. The zero-order chi connectivity index (χ0) is 16.5. The Labute approximate surface area is 134 Å². The summed E-state index contributed by atoms with van der Waals surface area (Å²) >= 11 is 0. The highest BCUT2D eigenvalue weighted by molar-refractivity contribution is 5.56. The second-order valence-corrected chi connectivity index (χ2v) is 5.05. The van der Waals surface area contributed by atoms with Gasteiger partial charge in [0, 0.05) is 5.56 Å². The summed E-state index contributed by atoms with van der Waals surface area (Å²) in [5, 5.41) is 0. The average molecular weight is 322 g/mol. The molecule has 1 heterocycles. The van der Waals surface area contributed by atoms with Crippen LogP contribution in [-0.4, -0.2) is 23.2 Å². The second-order valence-electron chi connectivity index (χ2n) is 5.05. The summed E-state index contributed by atoms with van der Waals surface area (Å²) in [4.78, 5) is 8.46. The van der Waals surface area contributed by atoms with Crippen LogP contribution in [0, 0.1) is 0 Å². The predicted octanol–water partition coefficient (Wildman–Crippen LogP) is 4.70. The van der Waals surface area contributed by atoms with Crippen LogP contribution in [-0.2, 0) is 0 Å². The van der Waals surface area contributed by atoms with Crippen molar-refractivity contribution in [1.82, 2.24) is 9.97 Å². The molecule has 0 N–H and O–H groups in total. The second kappa shape index (κ2) is 9.02. The molecule has 1 aromatic carbocycles. The summed E-state index contributed by atoms with van der Waals surface area (Å²) in [7, 11) is 0. The van der Waals surface area contributed by atoms with Crippen molar-refractivity contribution in [2.75, 3.05) is 6.61 Å². The van der Waals surface area contributed by atoms with Crippen molar-refractivity contribution in [3.63, 3.8) is 0 Å². The first-order valence-corrected chi connectivity index (χ1v) is 7.69. The van der Waals surface area contributed by atoms with Gasteiger partial charge in [-0.3, -0.25) is 0 Å². The smallest absolute Gasteiger partial charge is 0.387 e. The molecule has 4 nitrogen and oxygen atoms in total. The molecule has 0 atom stereocenters. The van der Waals surface area contributed by atoms with Crippen molar-refractivity contribution in [2.24, 2.45) is 0 Å². The Balaban J connectivity index is 1.88. The molecule has 0 fully saturated rings. The van der Waals surface area contributed by atoms with Gasteiger partial charge in [0.15, 0.2) is 11.6 Å². The largest absolute Gasteiger partial charge is 0.490 e. The van der Waals surface area contributed by atoms with Crippen LogP contribution in [0.2, 0.25) is 0 Å². The number of nitrogens with zero attached hydrogens (tertiary/aromatic N) is 2. The topological polar surface area (TPSA) is 44.2 Å². The highest BCUT2D eigenvalue weighted by Crippen LogP contribution is 2.21. The Hall–Kier alpha value is -2.24. The third-order valence-corrected chi connectivity index (χ3v) is 3.23. The number of aromatic nitrogens is 2. The average Bonchev–Trinajstić information content (AvgIpc) is 2.55. The summed E-state index contributed by atoms with van der Waals surface area (Å²) in [6.45, 7) is -0.00653. The van der Waals surface area contributed by atoms with Gasteiger partial charge in [-0.2, -0.15) is 8.78 Å². The van der Waals surface area contributed by atoms with Crippen molar-refractivity contribution in [1.29, 1.82) is 0 Å². The number of hydrogen-bond donors (Lipinski definition) is 0. The van der Waals surface area contributed by atoms with E-state index in [0.29, 0.717) is 18.2 Å². The van der Waals surface area contributed by atoms with E-state index >= 15 is 0 Å². The van der Waals surface area contributed by atoms with E-state index in [-0.39, 0.29) is 5.75 Å². The Morgan fingerprint density at radius 1 is 0.957 bits per heavy atom. The Kier molecular flexibility index (Phi) is 6.72.